The van der Waals surface area contributed by atoms with Crippen LogP contribution in [0, 0.1) is 5.92 Å². The van der Waals surface area contributed by atoms with Crippen molar-refractivity contribution < 1.29 is 9.53 Å². The number of nitrogens with one attached hydrogen (secondary N) is 2. The molecule has 1 amide bonds. The zero-order valence-corrected chi connectivity index (χ0v) is 16.2. The van der Waals surface area contributed by atoms with E-state index in [1.807, 2.05) is 0 Å². The predicted molar refractivity (Wildman–Crippen MR) is 104 cm³/mol. The lowest BCUT2D eigenvalue weighted by molar-refractivity contribution is -0.121. The van der Waals surface area contributed by atoms with Crippen molar-refractivity contribution in [3.63, 3.8) is 0 Å². The summed E-state index contributed by atoms with van der Waals surface area (Å²) in [5, 5.41) is 6.40. The SMILES string of the molecule is CC1CN(Cc2ccc(CNC(=O)CCC3CCNC3)cc2)CC(C)O1. The number of ether oxygens (including phenoxy) is 1. The van der Waals surface area contributed by atoms with E-state index in [4.69, 9.17) is 4.74 Å². The van der Waals surface area contributed by atoms with Gasteiger partial charge in [0.25, 0.3) is 0 Å². The highest BCUT2D eigenvalue weighted by Gasteiger charge is 2.22. The van der Waals surface area contributed by atoms with Gasteiger partial charge in [0.05, 0.1) is 12.2 Å². The highest BCUT2D eigenvalue weighted by Crippen LogP contribution is 2.16. The maximum Gasteiger partial charge on any atom is 0.220 e. The van der Waals surface area contributed by atoms with E-state index in [1.165, 1.54) is 12.0 Å². The van der Waals surface area contributed by atoms with Crippen molar-refractivity contribution in [2.24, 2.45) is 5.92 Å². The Morgan fingerprint density at radius 1 is 1.19 bits per heavy atom. The first-order valence-corrected chi connectivity index (χ1v) is 10.0. The maximum absolute atomic E-state index is 12.0. The van der Waals surface area contributed by atoms with Crippen molar-refractivity contribution in [2.75, 3.05) is 26.2 Å². The van der Waals surface area contributed by atoms with E-state index in [9.17, 15) is 4.79 Å². The largest absolute Gasteiger partial charge is 0.373 e. The summed E-state index contributed by atoms with van der Waals surface area (Å²) >= 11 is 0. The minimum atomic E-state index is 0.164. The second kappa shape index (κ2) is 9.49. The Labute approximate surface area is 157 Å². The minimum absolute atomic E-state index is 0.164. The van der Waals surface area contributed by atoms with Gasteiger partial charge in [-0.1, -0.05) is 24.3 Å². The van der Waals surface area contributed by atoms with Gasteiger partial charge >= 0.3 is 0 Å². The van der Waals surface area contributed by atoms with Gasteiger partial charge in [-0.25, -0.2) is 0 Å². The fourth-order valence-electron chi connectivity index (χ4n) is 4.02. The molecule has 3 atom stereocenters. The molecule has 0 saturated carbocycles. The number of carbonyl (C=O) groups is 1. The van der Waals surface area contributed by atoms with E-state index in [1.54, 1.807) is 0 Å². The number of benzene rings is 1. The molecule has 26 heavy (non-hydrogen) atoms. The third kappa shape index (κ3) is 6.08. The van der Waals surface area contributed by atoms with E-state index >= 15 is 0 Å². The van der Waals surface area contributed by atoms with E-state index in [2.05, 4.69) is 53.6 Å². The third-order valence-electron chi connectivity index (χ3n) is 5.36. The second-order valence-electron chi connectivity index (χ2n) is 7.94. The molecule has 2 saturated heterocycles. The number of rotatable bonds is 7. The number of hydrogen-bond acceptors (Lipinski definition) is 4. The first kappa shape index (κ1) is 19.3. The van der Waals surface area contributed by atoms with Gasteiger partial charge in [0.1, 0.15) is 0 Å². The summed E-state index contributed by atoms with van der Waals surface area (Å²) in [7, 11) is 0. The van der Waals surface area contributed by atoms with Crippen molar-refractivity contribution in [2.45, 2.75) is 58.4 Å². The van der Waals surface area contributed by atoms with Crippen molar-refractivity contribution in [3.8, 4) is 0 Å². The predicted octanol–water partition coefficient (Wildman–Crippen LogP) is 2.30. The van der Waals surface area contributed by atoms with Crippen molar-refractivity contribution >= 4 is 5.91 Å². The zero-order chi connectivity index (χ0) is 18.4. The van der Waals surface area contributed by atoms with E-state index in [0.717, 1.165) is 44.7 Å². The molecule has 1 aromatic carbocycles. The molecule has 5 nitrogen and oxygen atoms in total. The highest BCUT2D eigenvalue weighted by molar-refractivity contribution is 5.75. The number of carbonyl (C=O) groups excluding carboxylic acids is 1. The van der Waals surface area contributed by atoms with Crippen LogP contribution < -0.4 is 10.6 Å². The lowest BCUT2D eigenvalue weighted by Gasteiger charge is -2.35. The Morgan fingerprint density at radius 2 is 1.88 bits per heavy atom. The van der Waals surface area contributed by atoms with Crippen LogP contribution in [0.15, 0.2) is 24.3 Å². The average molecular weight is 360 g/mol. The summed E-state index contributed by atoms with van der Waals surface area (Å²) in [6.45, 7) is 9.98. The van der Waals surface area contributed by atoms with Crippen LogP contribution >= 0.6 is 0 Å². The Hall–Kier alpha value is -1.43. The van der Waals surface area contributed by atoms with Gasteiger partial charge in [-0.2, -0.15) is 0 Å². The molecule has 2 fully saturated rings. The highest BCUT2D eigenvalue weighted by atomic mass is 16.5. The second-order valence-corrected chi connectivity index (χ2v) is 7.94. The van der Waals surface area contributed by atoms with Crippen LogP contribution in [0.1, 0.15) is 44.2 Å². The molecule has 5 heteroatoms. The lowest BCUT2D eigenvalue weighted by Crippen LogP contribution is -2.44. The molecule has 1 aromatic rings. The van der Waals surface area contributed by atoms with E-state index < -0.39 is 0 Å². The molecule has 2 heterocycles. The minimum Gasteiger partial charge on any atom is -0.373 e. The summed E-state index contributed by atoms with van der Waals surface area (Å²) in [6, 6.07) is 8.61. The average Bonchev–Trinajstić information content (AvgIpc) is 3.12. The van der Waals surface area contributed by atoms with Gasteiger partial charge in [-0.3, -0.25) is 9.69 Å². The molecular formula is C21H33N3O2. The number of morpholine rings is 1. The monoisotopic (exact) mass is 359 g/mol. The zero-order valence-electron chi connectivity index (χ0n) is 16.2. The van der Waals surface area contributed by atoms with Crippen LogP contribution in [0.25, 0.3) is 0 Å². The van der Waals surface area contributed by atoms with Crippen molar-refractivity contribution in [1.82, 2.24) is 15.5 Å². The van der Waals surface area contributed by atoms with Gasteiger partial charge < -0.3 is 15.4 Å². The molecule has 0 aromatic heterocycles. The van der Waals surface area contributed by atoms with Crippen LogP contribution in [0.4, 0.5) is 0 Å². The summed E-state index contributed by atoms with van der Waals surface area (Å²) in [4.78, 5) is 14.5. The number of hydrogen-bond donors (Lipinski definition) is 2. The number of amides is 1. The molecule has 0 spiro atoms. The van der Waals surface area contributed by atoms with E-state index in [0.29, 0.717) is 31.1 Å². The smallest absolute Gasteiger partial charge is 0.220 e. The maximum atomic E-state index is 12.0. The molecule has 3 unspecified atom stereocenters. The first-order valence-electron chi connectivity index (χ1n) is 10.0. The fourth-order valence-corrected chi connectivity index (χ4v) is 4.02. The molecular weight excluding hydrogens is 326 g/mol. The van der Waals surface area contributed by atoms with Gasteiger partial charge in [-0.05, 0) is 56.8 Å². The van der Waals surface area contributed by atoms with Gasteiger partial charge in [0.2, 0.25) is 5.91 Å². The molecule has 2 N–H and O–H groups in total. The van der Waals surface area contributed by atoms with Crippen LogP contribution in [0.2, 0.25) is 0 Å². The Bertz CT molecular complexity index is 559. The summed E-state index contributed by atoms with van der Waals surface area (Å²) < 4.78 is 5.79. The summed E-state index contributed by atoms with van der Waals surface area (Å²) in [6.07, 6.45) is 3.43. The lowest BCUT2D eigenvalue weighted by atomic mass is 10.0. The Morgan fingerprint density at radius 3 is 2.54 bits per heavy atom. The van der Waals surface area contributed by atoms with Crippen LogP contribution in [-0.4, -0.2) is 49.2 Å². The number of nitrogens with zero attached hydrogens (tertiary/aromatic N) is 1. The van der Waals surface area contributed by atoms with Gasteiger partial charge in [0, 0.05) is 32.6 Å². The third-order valence-corrected chi connectivity index (χ3v) is 5.36. The van der Waals surface area contributed by atoms with E-state index in [-0.39, 0.29) is 5.91 Å². The summed E-state index contributed by atoms with van der Waals surface area (Å²) in [5.41, 5.74) is 2.48. The quantitative estimate of drug-likeness (QED) is 0.784. The molecule has 2 aliphatic heterocycles. The summed E-state index contributed by atoms with van der Waals surface area (Å²) in [5.74, 6) is 0.836. The van der Waals surface area contributed by atoms with Crippen LogP contribution in [-0.2, 0) is 22.6 Å². The molecule has 3 rings (SSSR count). The Kier molecular flexibility index (Phi) is 7.06. The van der Waals surface area contributed by atoms with Crippen molar-refractivity contribution in [1.29, 1.82) is 0 Å². The fraction of sp³-hybridized carbons (Fsp3) is 0.667. The molecule has 2 aliphatic rings. The Balaban J connectivity index is 1.39. The van der Waals surface area contributed by atoms with Crippen LogP contribution in [0.5, 0.6) is 0 Å². The molecule has 0 aliphatic carbocycles. The molecule has 144 valence electrons. The van der Waals surface area contributed by atoms with Crippen molar-refractivity contribution in [3.05, 3.63) is 35.4 Å². The normalized spacial score (nSPS) is 26.8. The standard InChI is InChI=1S/C21H33N3O2/c1-16-13-24(14-17(2)26-16)15-20-5-3-18(4-6-20)12-23-21(25)8-7-19-9-10-22-11-19/h3-6,16-17,19,22H,7-15H2,1-2H3,(H,23,25). The molecule has 0 bridgehead atoms. The van der Waals surface area contributed by atoms with Gasteiger partial charge in [0.15, 0.2) is 0 Å². The first-order chi connectivity index (χ1) is 12.6. The molecule has 0 radical (unpaired) electrons. The van der Waals surface area contributed by atoms with Crippen LogP contribution in [0.3, 0.4) is 0 Å². The topological polar surface area (TPSA) is 53.6 Å². The van der Waals surface area contributed by atoms with Gasteiger partial charge in [-0.15, -0.1) is 0 Å².